The van der Waals surface area contributed by atoms with Crippen molar-refractivity contribution >= 4 is 15.9 Å². The molecule has 1 saturated heterocycles. The number of rotatable bonds is 2. The molecule has 2 N–H and O–H groups in total. The second kappa shape index (κ2) is 4.66. The van der Waals surface area contributed by atoms with Crippen LogP contribution >= 0.6 is 0 Å². The van der Waals surface area contributed by atoms with Gasteiger partial charge in [0.15, 0.2) is 5.76 Å². The predicted molar refractivity (Wildman–Crippen MR) is 73.2 cm³/mol. The van der Waals surface area contributed by atoms with Crippen LogP contribution in [0.15, 0.2) is 28.7 Å². The lowest BCUT2D eigenvalue weighted by atomic mass is 10.1. The molecule has 112 valence electrons. The average Bonchev–Trinajstić information content (AvgIpc) is 2.92. The van der Waals surface area contributed by atoms with E-state index in [2.05, 4.69) is 0 Å². The summed E-state index contributed by atoms with van der Waals surface area (Å²) in [5, 5.41) is 19.8. The molecule has 21 heavy (non-hydrogen) atoms. The second-order valence-electron chi connectivity index (χ2n) is 4.66. The minimum absolute atomic E-state index is 0.0619. The quantitative estimate of drug-likeness (QED) is 0.885. The molecular formula is C13H12FNO5S. The first-order valence-electron chi connectivity index (χ1n) is 6.22. The molecule has 0 unspecified atom stereocenters. The van der Waals surface area contributed by atoms with Crippen LogP contribution in [0.25, 0.3) is 11.3 Å². The lowest BCUT2D eigenvalue weighted by molar-refractivity contribution is 0.409. The fourth-order valence-corrected chi connectivity index (χ4v) is 3.76. The van der Waals surface area contributed by atoms with Crippen molar-refractivity contribution in [1.82, 2.24) is 0 Å². The molecule has 0 radical (unpaired) electrons. The second-order valence-corrected chi connectivity index (χ2v) is 6.67. The van der Waals surface area contributed by atoms with Crippen LogP contribution < -0.4 is 4.31 Å². The van der Waals surface area contributed by atoms with Gasteiger partial charge in [-0.15, -0.1) is 0 Å². The molecule has 1 aliphatic heterocycles. The van der Waals surface area contributed by atoms with E-state index in [1.807, 2.05) is 0 Å². The van der Waals surface area contributed by atoms with Crippen molar-refractivity contribution in [2.45, 2.75) is 6.42 Å². The summed E-state index contributed by atoms with van der Waals surface area (Å²) in [6, 6.07) is 5.52. The van der Waals surface area contributed by atoms with E-state index in [-0.39, 0.29) is 29.5 Å². The van der Waals surface area contributed by atoms with Crippen LogP contribution in [-0.4, -0.2) is 30.9 Å². The van der Waals surface area contributed by atoms with Crippen LogP contribution in [-0.2, 0) is 10.0 Å². The third kappa shape index (κ3) is 2.11. The standard InChI is InChI=1S/C13H12FNO5S/c14-9-5-2-1-4-8(9)12-10(16)11(17)13(20-12)15-6-3-7-21(15,18)19/h1-2,4-5,16-17H,3,6-7H2. The Morgan fingerprint density at radius 1 is 1.19 bits per heavy atom. The Balaban J connectivity index is 2.15. The molecule has 0 saturated carbocycles. The van der Waals surface area contributed by atoms with Crippen LogP contribution in [0.3, 0.4) is 0 Å². The van der Waals surface area contributed by atoms with Gasteiger partial charge in [0.05, 0.1) is 11.3 Å². The molecule has 8 heteroatoms. The molecule has 0 atom stereocenters. The van der Waals surface area contributed by atoms with Crippen LogP contribution in [0.2, 0.25) is 0 Å². The highest BCUT2D eigenvalue weighted by Crippen LogP contribution is 2.48. The number of benzene rings is 1. The van der Waals surface area contributed by atoms with Crippen molar-refractivity contribution in [1.29, 1.82) is 0 Å². The van der Waals surface area contributed by atoms with Gasteiger partial charge in [-0.05, 0) is 18.6 Å². The molecule has 0 aliphatic carbocycles. The third-order valence-electron chi connectivity index (χ3n) is 3.28. The summed E-state index contributed by atoms with van der Waals surface area (Å²) >= 11 is 0. The summed E-state index contributed by atoms with van der Waals surface area (Å²) in [7, 11) is -3.58. The zero-order valence-electron chi connectivity index (χ0n) is 10.8. The van der Waals surface area contributed by atoms with Crippen molar-refractivity contribution < 1.29 is 27.4 Å². The Labute approximate surface area is 120 Å². The normalized spacial score (nSPS) is 17.3. The van der Waals surface area contributed by atoms with Gasteiger partial charge in [0.2, 0.25) is 21.5 Å². The Kier molecular flexibility index (Phi) is 3.05. The highest BCUT2D eigenvalue weighted by molar-refractivity contribution is 7.93. The maximum Gasteiger partial charge on any atom is 0.256 e. The Morgan fingerprint density at radius 3 is 2.52 bits per heavy atom. The summed E-state index contributed by atoms with van der Waals surface area (Å²) in [6.45, 7) is 0.138. The van der Waals surface area contributed by atoms with Crippen LogP contribution in [0.1, 0.15) is 6.42 Å². The number of hydrogen-bond acceptors (Lipinski definition) is 5. The van der Waals surface area contributed by atoms with E-state index in [1.54, 1.807) is 0 Å². The number of nitrogens with zero attached hydrogens (tertiary/aromatic N) is 1. The van der Waals surface area contributed by atoms with Gasteiger partial charge in [-0.2, -0.15) is 0 Å². The highest BCUT2D eigenvalue weighted by Gasteiger charge is 2.35. The predicted octanol–water partition coefficient (Wildman–Crippen LogP) is 2.04. The minimum Gasteiger partial charge on any atom is -0.502 e. The largest absolute Gasteiger partial charge is 0.502 e. The van der Waals surface area contributed by atoms with Crippen molar-refractivity contribution in [2.24, 2.45) is 0 Å². The Hall–Kier alpha value is -2.22. The third-order valence-corrected chi connectivity index (χ3v) is 5.11. The summed E-state index contributed by atoms with van der Waals surface area (Å²) < 4.78 is 43.5. The first-order valence-corrected chi connectivity index (χ1v) is 7.83. The van der Waals surface area contributed by atoms with Crippen LogP contribution in [0, 0.1) is 5.82 Å². The first-order chi connectivity index (χ1) is 9.92. The van der Waals surface area contributed by atoms with E-state index in [9.17, 15) is 23.0 Å². The molecule has 1 aromatic heterocycles. The fourth-order valence-electron chi connectivity index (χ4n) is 2.27. The molecular weight excluding hydrogens is 301 g/mol. The molecule has 6 nitrogen and oxygen atoms in total. The minimum atomic E-state index is -3.58. The molecule has 0 spiro atoms. The van der Waals surface area contributed by atoms with E-state index < -0.39 is 27.3 Å². The molecule has 2 aromatic rings. The smallest absolute Gasteiger partial charge is 0.256 e. The van der Waals surface area contributed by atoms with E-state index in [0.29, 0.717) is 6.42 Å². The van der Waals surface area contributed by atoms with Gasteiger partial charge in [0.25, 0.3) is 5.88 Å². The monoisotopic (exact) mass is 313 g/mol. The zero-order valence-corrected chi connectivity index (χ0v) is 11.6. The summed E-state index contributed by atoms with van der Waals surface area (Å²) in [5.74, 6) is -2.80. The summed E-state index contributed by atoms with van der Waals surface area (Å²) in [6.07, 6.45) is 0.387. The average molecular weight is 313 g/mol. The van der Waals surface area contributed by atoms with Gasteiger partial charge >= 0.3 is 0 Å². The van der Waals surface area contributed by atoms with Gasteiger partial charge < -0.3 is 14.6 Å². The van der Waals surface area contributed by atoms with Crippen molar-refractivity contribution in [3.8, 4) is 22.8 Å². The van der Waals surface area contributed by atoms with E-state index in [4.69, 9.17) is 4.42 Å². The van der Waals surface area contributed by atoms with Crippen molar-refractivity contribution in [3.05, 3.63) is 30.1 Å². The number of aromatic hydroxyl groups is 2. The van der Waals surface area contributed by atoms with Crippen molar-refractivity contribution in [2.75, 3.05) is 16.6 Å². The summed E-state index contributed by atoms with van der Waals surface area (Å²) in [5.41, 5.74) is -0.0619. The number of hydrogen-bond donors (Lipinski definition) is 2. The van der Waals surface area contributed by atoms with Crippen molar-refractivity contribution in [3.63, 3.8) is 0 Å². The summed E-state index contributed by atoms with van der Waals surface area (Å²) in [4.78, 5) is 0. The van der Waals surface area contributed by atoms with Gasteiger partial charge in [0, 0.05) is 6.54 Å². The van der Waals surface area contributed by atoms with Gasteiger partial charge in [-0.3, -0.25) is 0 Å². The zero-order chi connectivity index (χ0) is 15.2. The van der Waals surface area contributed by atoms with Crippen LogP contribution in [0.4, 0.5) is 10.3 Å². The van der Waals surface area contributed by atoms with E-state index in [0.717, 1.165) is 4.31 Å². The maximum absolute atomic E-state index is 13.7. The SMILES string of the molecule is O=S1(=O)CCCN1c1oc(-c2ccccc2F)c(O)c1O. The van der Waals surface area contributed by atoms with E-state index in [1.165, 1.54) is 24.3 Å². The topological polar surface area (TPSA) is 91.0 Å². The van der Waals surface area contributed by atoms with Gasteiger partial charge in [-0.1, -0.05) is 12.1 Å². The molecule has 0 bridgehead atoms. The highest BCUT2D eigenvalue weighted by atomic mass is 32.2. The molecule has 1 aromatic carbocycles. The Morgan fingerprint density at radius 2 is 1.90 bits per heavy atom. The van der Waals surface area contributed by atoms with Crippen LogP contribution in [0.5, 0.6) is 11.5 Å². The number of anilines is 1. The molecule has 3 rings (SSSR count). The Bertz CT molecular complexity index is 799. The number of sulfonamides is 1. The van der Waals surface area contributed by atoms with E-state index >= 15 is 0 Å². The molecule has 1 fully saturated rings. The fraction of sp³-hybridized carbons (Fsp3) is 0.231. The number of furan rings is 1. The first kappa shape index (κ1) is 13.7. The lowest BCUT2D eigenvalue weighted by Gasteiger charge is -2.12. The van der Waals surface area contributed by atoms with Gasteiger partial charge in [0.1, 0.15) is 5.82 Å². The molecule has 1 aliphatic rings. The maximum atomic E-state index is 13.7. The number of halogens is 1. The molecule has 2 heterocycles. The lowest BCUT2D eigenvalue weighted by Crippen LogP contribution is -2.24. The molecule has 0 amide bonds. The van der Waals surface area contributed by atoms with Gasteiger partial charge in [-0.25, -0.2) is 17.1 Å².